The SMILES string of the molecule is CC1CN(C(=O)N2CCSCC2C(=O)O)C(C)CO1. The van der Waals surface area contributed by atoms with Gasteiger partial charge in [0.1, 0.15) is 6.04 Å². The van der Waals surface area contributed by atoms with Crippen LogP contribution in [0.25, 0.3) is 0 Å². The molecule has 0 aromatic rings. The first-order valence-corrected chi connectivity index (χ1v) is 7.65. The molecular formula is C12H20N2O4S. The highest BCUT2D eigenvalue weighted by atomic mass is 32.2. The molecule has 19 heavy (non-hydrogen) atoms. The third kappa shape index (κ3) is 3.14. The summed E-state index contributed by atoms with van der Waals surface area (Å²) in [4.78, 5) is 27.0. The number of rotatable bonds is 1. The maximum Gasteiger partial charge on any atom is 0.327 e. The van der Waals surface area contributed by atoms with Crippen LogP contribution in [0, 0.1) is 0 Å². The van der Waals surface area contributed by atoms with E-state index in [1.54, 1.807) is 16.7 Å². The number of amides is 2. The zero-order chi connectivity index (χ0) is 14.0. The Labute approximate surface area is 117 Å². The molecule has 6 nitrogen and oxygen atoms in total. The summed E-state index contributed by atoms with van der Waals surface area (Å²) in [5.41, 5.74) is 0. The zero-order valence-corrected chi connectivity index (χ0v) is 12.1. The van der Waals surface area contributed by atoms with Crippen LogP contribution >= 0.6 is 11.8 Å². The van der Waals surface area contributed by atoms with Gasteiger partial charge in [-0.1, -0.05) is 0 Å². The highest BCUT2D eigenvalue weighted by Gasteiger charge is 2.37. The molecule has 2 rings (SSSR count). The number of ether oxygens (including phenoxy) is 1. The predicted molar refractivity (Wildman–Crippen MR) is 72.4 cm³/mol. The maximum absolute atomic E-state index is 12.5. The van der Waals surface area contributed by atoms with E-state index < -0.39 is 12.0 Å². The Morgan fingerprint density at radius 2 is 2.05 bits per heavy atom. The van der Waals surface area contributed by atoms with Crippen molar-refractivity contribution in [1.82, 2.24) is 9.80 Å². The van der Waals surface area contributed by atoms with E-state index >= 15 is 0 Å². The molecule has 3 unspecified atom stereocenters. The van der Waals surface area contributed by atoms with Gasteiger partial charge >= 0.3 is 12.0 Å². The monoisotopic (exact) mass is 288 g/mol. The lowest BCUT2D eigenvalue weighted by Crippen LogP contribution is -2.59. The lowest BCUT2D eigenvalue weighted by Gasteiger charge is -2.42. The van der Waals surface area contributed by atoms with Crippen LogP contribution in [0.5, 0.6) is 0 Å². The summed E-state index contributed by atoms with van der Waals surface area (Å²) in [6, 6.07) is -0.889. The Morgan fingerprint density at radius 1 is 1.32 bits per heavy atom. The molecule has 2 aliphatic rings. The van der Waals surface area contributed by atoms with Gasteiger partial charge in [-0.25, -0.2) is 9.59 Å². The fourth-order valence-corrected chi connectivity index (χ4v) is 3.41. The second-order valence-corrected chi connectivity index (χ2v) is 6.20. The van der Waals surface area contributed by atoms with Crippen molar-refractivity contribution in [2.24, 2.45) is 0 Å². The number of nitrogens with zero attached hydrogens (tertiary/aromatic N) is 2. The molecule has 1 N–H and O–H groups in total. The molecule has 0 spiro atoms. The van der Waals surface area contributed by atoms with Gasteiger partial charge in [-0.05, 0) is 13.8 Å². The van der Waals surface area contributed by atoms with Crippen molar-refractivity contribution in [3.63, 3.8) is 0 Å². The van der Waals surface area contributed by atoms with Gasteiger partial charge in [-0.3, -0.25) is 0 Å². The first-order valence-electron chi connectivity index (χ1n) is 6.50. The van der Waals surface area contributed by atoms with E-state index in [2.05, 4.69) is 0 Å². The van der Waals surface area contributed by atoms with Gasteiger partial charge in [0.2, 0.25) is 0 Å². The third-order valence-corrected chi connectivity index (χ3v) is 4.54. The maximum atomic E-state index is 12.5. The molecule has 0 saturated carbocycles. The molecule has 2 amide bonds. The lowest BCUT2D eigenvalue weighted by molar-refractivity contribution is -0.141. The second-order valence-electron chi connectivity index (χ2n) is 5.05. The molecule has 2 saturated heterocycles. The van der Waals surface area contributed by atoms with Crippen LogP contribution in [0.2, 0.25) is 0 Å². The Hall–Kier alpha value is -0.950. The molecule has 2 heterocycles. The van der Waals surface area contributed by atoms with E-state index in [1.165, 1.54) is 4.90 Å². The number of aliphatic carboxylic acids is 1. The van der Waals surface area contributed by atoms with Crippen molar-refractivity contribution in [3.8, 4) is 0 Å². The van der Waals surface area contributed by atoms with Gasteiger partial charge in [0.15, 0.2) is 0 Å². The lowest BCUT2D eigenvalue weighted by atomic mass is 10.2. The summed E-state index contributed by atoms with van der Waals surface area (Å²) < 4.78 is 5.50. The van der Waals surface area contributed by atoms with Crippen LogP contribution in [0.4, 0.5) is 4.79 Å². The van der Waals surface area contributed by atoms with Crippen molar-refractivity contribution >= 4 is 23.8 Å². The van der Waals surface area contributed by atoms with Gasteiger partial charge in [-0.2, -0.15) is 11.8 Å². The van der Waals surface area contributed by atoms with Gasteiger partial charge < -0.3 is 19.6 Å². The zero-order valence-electron chi connectivity index (χ0n) is 11.2. The van der Waals surface area contributed by atoms with Crippen LogP contribution in [-0.4, -0.2) is 76.3 Å². The Morgan fingerprint density at radius 3 is 2.74 bits per heavy atom. The molecule has 0 aliphatic carbocycles. The third-order valence-electron chi connectivity index (χ3n) is 3.51. The molecule has 3 atom stereocenters. The number of carboxylic acids is 1. The molecule has 0 aromatic carbocycles. The molecule has 0 radical (unpaired) electrons. The van der Waals surface area contributed by atoms with Gasteiger partial charge in [0.05, 0.1) is 18.8 Å². The minimum absolute atomic E-state index is 0.00240. The van der Waals surface area contributed by atoms with Crippen molar-refractivity contribution in [3.05, 3.63) is 0 Å². The summed E-state index contributed by atoms with van der Waals surface area (Å²) in [6.45, 7) is 5.38. The van der Waals surface area contributed by atoms with E-state index in [4.69, 9.17) is 4.74 Å². The summed E-state index contributed by atoms with van der Waals surface area (Å²) in [6.07, 6.45) is 0.00240. The van der Waals surface area contributed by atoms with E-state index in [-0.39, 0.29) is 18.2 Å². The first kappa shape index (κ1) is 14.5. The van der Waals surface area contributed by atoms with Crippen molar-refractivity contribution in [2.45, 2.75) is 32.0 Å². The standard InChI is InChI=1S/C12H20N2O4S/c1-8-6-18-9(2)5-14(8)12(17)13-3-4-19-7-10(13)11(15)16/h8-10H,3-7H2,1-2H3,(H,15,16). The topological polar surface area (TPSA) is 70.1 Å². The number of carbonyl (C=O) groups is 2. The van der Waals surface area contributed by atoms with Crippen LogP contribution in [0.1, 0.15) is 13.8 Å². The minimum atomic E-state index is -0.922. The van der Waals surface area contributed by atoms with Crippen LogP contribution < -0.4 is 0 Å². The fourth-order valence-electron chi connectivity index (χ4n) is 2.37. The van der Waals surface area contributed by atoms with Crippen molar-refractivity contribution in [2.75, 3.05) is 31.2 Å². The number of carbonyl (C=O) groups excluding carboxylic acids is 1. The summed E-state index contributed by atoms with van der Waals surface area (Å²) in [7, 11) is 0. The van der Waals surface area contributed by atoms with Crippen LogP contribution in [-0.2, 0) is 9.53 Å². The van der Waals surface area contributed by atoms with Crippen molar-refractivity contribution < 1.29 is 19.4 Å². The highest BCUT2D eigenvalue weighted by Crippen LogP contribution is 2.21. The normalized spacial score (nSPS) is 32.2. The van der Waals surface area contributed by atoms with Crippen molar-refractivity contribution in [1.29, 1.82) is 0 Å². The highest BCUT2D eigenvalue weighted by molar-refractivity contribution is 7.99. The Bertz CT molecular complexity index is 366. The van der Waals surface area contributed by atoms with Gasteiger partial charge in [0.25, 0.3) is 0 Å². The van der Waals surface area contributed by atoms with E-state index in [9.17, 15) is 14.7 Å². The molecule has 0 bridgehead atoms. The number of thioether (sulfide) groups is 1. The minimum Gasteiger partial charge on any atom is -0.480 e. The molecule has 0 aromatic heterocycles. The molecule has 7 heteroatoms. The number of morpholine rings is 1. The molecular weight excluding hydrogens is 268 g/mol. The quantitative estimate of drug-likeness (QED) is 0.770. The number of carboxylic acid groups (broad SMARTS) is 1. The summed E-state index contributed by atoms with van der Waals surface area (Å²) >= 11 is 1.58. The first-order chi connectivity index (χ1) is 9.00. The summed E-state index contributed by atoms with van der Waals surface area (Å²) in [5.74, 6) is 0.341. The average molecular weight is 288 g/mol. The van der Waals surface area contributed by atoms with E-state index in [0.29, 0.717) is 25.4 Å². The number of urea groups is 1. The fraction of sp³-hybridized carbons (Fsp3) is 0.833. The largest absolute Gasteiger partial charge is 0.480 e. The number of hydrogen-bond donors (Lipinski definition) is 1. The van der Waals surface area contributed by atoms with Gasteiger partial charge in [0, 0.05) is 24.6 Å². The second kappa shape index (κ2) is 6.00. The smallest absolute Gasteiger partial charge is 0.327 e. The van der Waals surface area contributed by atoms with Gasteiger partial charge in [-0.15, -0.1) is 0 Å². The molecule has 2 fully saturated rings. The molecule has 108 valence electrons. The van der Waals surface area contributed by atoms with Crippen LogP contribution in [0.15, 0.2) is 0 Å². The Balaban J connectivity index is 2.10. The number of hydrogen-bond acceptors (Lipinski definition) is 4. The molecule has 2 aliphatic heterocycles. The van der Waals surface area contributed by atoms with Crippen LogP contribution in [0.3, 0.4) is 0 Å². The Kier molecular flexibility index (Phi) is 4.57. The summed E-state index contributed by atoms with van der Waals surface area (Å²) in [5, 5.41) is 9.22. The average Bonchev–Trinajstić information content (AvgIpc) is 2.40. The predicted octanol–water partition coefficient (Wildman–Crippen LogP) is 0.718. The van der Waals surface area contributed by atoms with E-state index in [0.717, 1.165) is 5.75 Å². The van der Waals surface area contributed by atoms with E-state index in [1.807, 2.05) is 13.8 Å².